The molecule has 0 amide bonds. The highest BCUT2D eigenvalue weighted by atomic mass is 16.3. The highest BCUT2D eigenvalue weighted by molar-refractivity contribution is 6.21. The average molecular weight is 1590 g/mol. The number of hydrogen-bond acceptors (Lipinski definition) is 8. The van der Waals surface area contributed by atoms with Gasteiger partial charge < -0.3 is 18.0 Å². The van der Waals surface area contributed by atoms with Crippen LogP contribution in [0.3, 0.4) is 0 Å². The summed E-state index contributed by atoms with van der Waals surface area (Å²) >= 11 is 0. The van der Waals surface area contributed by atoms with Gasteiger partial charge in [-0.1, -0.05) is 358 Å². The lowest BCUT2D eigenvalue weighted by atomic mass is 9.96. The van der Waals surface area contributed by atoms with Gasteiger partial charge in [-0.15, -0.1) is 0 Å². The molecule has 0 aliphatic heterocycles. The molecule has 0 spiro atoms. The fraction of sp³-hybridized carbons (Fsp3) is 0. The second-order valence-electron chi connectivity index (χ2n) is 31.2. The number of aromatic nitrogens is 8. The molecule has 0 bridgehead atoms. The third-order valence-corrected chi connectivity index (χ3v) is 23.7. The first-order chi connectivity index (χ1) is 61.5. The second kappa shape index (κ2) is 30.8. The topological polar surface area (TPSA) is 113 Å². The van der Waals surface area contributed by atoms with Gasteiger partial charge in [-0.25, -0.2) is 29.9 Å². The van der Waals surface area contributed by atoms with Crippen molar-refractivity contribution in [3.63, 3.8) is 0 Å². The molecule has 0 saturated heterocycles. The van der Waals surface area contributed by atoms with Crippen molar-refractivity contribution in [2.45, 2.75) is 0 Å². The largest absolute Gasteiger partial charge is 0.455 e. The maximum atomic E-state index is 6.81. The third kappa shape index (κ3) is 13.1. The molecule has 580 valence electrons. The van der Waals surface area contributed by atoms with Crippen LogP contribution in [0.25, 0.3) is 234 Å². The predicted molar refractivity (Wildman–Crippen MR) is 508 cm³/mol. The van der Waals surface area contributed by atoms with E-state index in [2.05, 4.69) is 391 Å². The number of fused-ring (bicyclic) bond motifs is 12. The Morgan fingerprint density at radius 2 is 0.419 bits per heavy atom. The lowest BCUT2D eigenvalue weighted by Gasteiger charge is -2.15. The summed E-state index contributed by atoms with van der Waals surface area (Å²) in [5.74, 6) is 3.58. The molecule has 124 heavy (non-hydrogen) atoms. The van der Waals surface area contributed by atoms with E-state index in [0.717, 1.165) is 199 Å². The van der Waals surface area contributed by atoms with E-state index >= 15 is 0 Å². The van der Waals surface area contributed by atoms with Crippen LogP contribution in [0.1, 0.15) is 0 Å². The van der Waals surface area contributed by atoms with Crippen molar-refractivity contribution in [3.8, 4) is 146 Å². The molecule has 0 aliphatic carbocycles. The molecule has 0 fully saturated rings. The van der Waals surface area contributed by atoms with Gasteiger partial charge >= 0.3 is 0 Å². The molecule has 0 N–H and O–H groups in total. The van der Waals surface area contributed by atoms with Crippen LogP contribution < -0.4 is 0 Å². The van der Waals surface area contributed by atoms with E-state index in [1.807, 2.05) is 54.6 Å². The lowest BCUT2D eigenvalue weighted by molar-refractivity contribution is 0.670. The fourth-order valence-electron chi connectivity index (χ4n) is 17.8. The molecule has 6 heterocycles. The minimum Gasteiger partial charge on any atom is -0.455 e. The predicted octanol–water partition coefficient (Wildman–Crippen LogP) is 29.7. The van der Waals surface area contributed by atoms with E-state index in [1.165, 1.54) is 0 Å². The molecule has 24 rings (SSSR count). The van der Waals surface area contributed by atoms with Gasteiger partial charge in [0.05, 0.1) is 33.4 Å². The zero-order chi connectivity index (χ0) is 82.0. The summed E-state index contributed by atoms with van der Waals surface area (Å²) < 4.78 is 18.3. The molecule has 0 aliphatic rings. The summed E-state index contributed by atoms with van der Waals surface area (Å²) in [6.07, 6.45) is 0. The number of furan rings is 2. The molecular weight excluding hydrogens is 1510 g/mol. The molecule has 0 saturated carbocycles. The number of nitrogens with zero attached hydrogens (tertiary/aromatic N) is 8. The normalized spacial score (nSPS) is 11.5. The van der Waals surface area contributed by atoms with Crippen LogP contribution in [-0.4, -0.2) is 39.0 Å². The summed E-state index contributed by atoms with van der Waals surface area (Å²) in [5, 5.41) is 8.96. The number of rotatable bonds is 14. The second-order valence-corrected chi connectivity index (χ2v) is 31.2. The molecule has 0 unspecified atom stereocenters. The van der Waals surface area contributed by atoms with Crippen molar-refractivity contribution >= 4 is 87.5 Å². The van der Waals surface area contributed by atoms with E-state index in [0.29, 0.717) is 34.9 Å². The third-order valence-electron chi connectivity index (χ3n) is 23.7. The summed E-state index contributed by atoms with van der Waals surface area (Å²) in [5.41, 5.74) is 28.4. The van der Waals surface area contributed by atoms with Gasteiger partial charge in [0, 0.05) is 99.7 Å². The van der Waals surface area contributed by atoms with Crippen molar-refractivity contribution in [1.29, 1.82) is 0 Å². The van der Waals surface area contributed by atoms with Gasteiger partial charge in [-0.3, -0.25) is 0 Å². The number of hydrogen-bond donors (Lipinski definition) is 0. The van der Waals surface area contributed by atoms with Crippen molar-refractivity contribution in [2.75, 3.05) is 0 Å². The Morgan fingerprint density at radius 3 is 0.806 bits per heavy atom. The lowest BCUT2D eigenvalue weighted by Crippen LogP contribution is -2.03. The summed E-state index contributed by atoms with van der Waals surface area (Å²) in [6, 6.07) is 152. The van der Waals surface area contributed by atoms with Crippen LogP contribution in [0, 0.1) is 0 Å². The first-order valence-corrected chi connectivity index (χ1v) is 41.7. The van der Waals surface area contributed by atoms with Crippen LogP contribution >= 0.6 is 0 Å². The molecule has 6 aromatic heterocycles. The van der Waals surface area contributed by atoms with Gasteiger partial charge in [0.2, 0.25) is 0 Å². The number of benzene rings is 18. The summed E-state index contributed by atoms with van der Waals surface area (Å²) in [7, 11) is 0. The minimum atomic E-state index is 0.582. The van der Waals surface area contributed by atoms with Crippen LogP contribution in [-0.2, 0) is 0 Å². The van der Waals surface area contributed by atoms with Gasteiger partial charge in [-0.2, -0.15) is 0 Å². The van der Waals surface area contributed by atoms with Gasteiger partial charge in [-0.05, 0) is 122 Å². The monoisotopic (exact) mass is 1580 g/mol. The van der Waals surface area contributed by atoms with Crippen LogP contribution in [0.4, 0.5) is 0 Å². The Balaban J connectivity index is 0.000000143. The van der Waals surface area contributed by atoms with Crippen molar-refractivity contribution in [1.82, 2.24) is 39.0 Å². The zero-order valence-electron chi connectivity index (χ0n) is 67.0. The van der Waals surface area contributed by atoms with Crippen molar-refractivity contribution in [3.05, 3.63) is 437 Å². The van der Waals surface area contributed by atoms with Gasteiger partial charge in [0.25, 0.3) is 0 Å². The van der Waals surface area contributed by atoms with E-state index in [9.17, 15) is 0 Å². The number of para-hydroxylation sites is 6. The first-order valence-electron chi connectivity index (χ1n) is 41.7. The Morgan fingerprint density at radius 1 is 0.153 bits per heavy atom. The Labute approximate surface area is 713 Å². The van der Waals surface area contributed by atoms with Gasteiger partial charge in [0.15, 0.2) is 34.9 Å². The SMILES string of the molecule is c1ccc(-c2cc(-c3ccccc3)cc(-c3nc(-c4ccccc4)nc(-c4ccccc4-n4c5ccccc5c5cc6c(cc54)oc4c(-c5ccccc5)cccc46)n3)c2)cc1.c1ccc(-c2ccc(-c3nc(-c4ccc(-c5ccccc5)cc4)nc(-c4ccccc4-n4c5ccccc5c5cc6c(cc54)oc4c(-c5ccccc5)cccc46)n3)cc2)cc1. The standard InChI is InChI=1S/2C57H36N4O/c1-5-18-37(19-6-1)41-32-42(38-20-7-2-8-21-38)34-43(33-41)56-58-55(40-24-11-4-12-25-40)59-57(60-56)47-27-14-16-31-51(47)61-50-30-15-13-26-45(50)48-35-49-46-29-17-28-44(39-22-9-3-10-23-39)54(46)62-53(49)36-52(48)61;1-4-15-37(16-5-1)39-27-31-42(32-28-39)55-58-56(43-33-29-40(30-34-43)38-17-6-2-7-18-38)60-57(59-55)47-22-11-13-26-51(47)61-50-25-12-10-21-45(50)48-35-49-46-24-14-23-44(41-19-8-3-9-20-41)54(46)62-53(49)36-52(48)61/h2*1-36H. The van der Waals surface area contributed by atoms with Crippen molar-refractivity contribution in [2.24, 2.45) is 0 Å². The zero-order valence-corrected chi connectivity index (χ0v) is 67.0. The molecule has 18 aromatic carbocycles. The Hall–Kier alpha value is -16.8. The minimum absolute atomic E-state index is 0.582. The quantitative estimate of drug-likeness (QED) is 0.106. The fourth-order valence-corrected chi connectivity index (χ4v) is 17.8. The highest BCUT2D eigenvalue weighted by Gasteiger charge is 2.26. The highest BCUT2D eigenvalue weighted by Crippen LogP contribution is 2.46. The van der Waals surface area contributed by atoms with Gasteiger partial charge in [0.1, 0.15) is 22.3 Å². The molecule has 10 heteroatoms. The molecule has 10 nitrogen and oxygen atoms in total. The maximum absolute atomic E-state index is 6.81. The smallest absolute Gasteiger partial charge is 0.166 e. The molecule has 0 atom stereocenters. The molecular formula is C114H72N8O2. The van der Waals surface area contributed by atoms with Crippen LogP contribution in [0.5, 0.6) is 0 Å². The van der Waals surface area contributed by atoms with E-state index in [1.54, 1.807) is 0 Å². The maximum Gasteiger partial charge on any atom is 0.166 e. The average Bonchev–Trinajstić information content (AvgIpc) is 1.56. The summed E-state index contributed by atoms with van der Waals surface area (Å²) in [6.45, 7) is 0. The van der Waals surface area contributed by atoms with Crippen molar-refractivity contribution < 1.29 is 8.83 Å². The Bertz CT molecular complexity index is 8020. The van der Waals surface area contributed by atoms with E-state index in [4.69, 9.17) is 38.7 Å². The molecule has 0 radical (unpaired) electrons. The first kappa shape index (κ1) is 72.4. The molecule has 24 aromatic rings. The van der Waals surface area contributed by atoms with Crippen LogP contribution in [0.15, 0.2) is 446 Å². The van der Waals surface area contributed by atoms with E-state index in [-0.39, 0.29) is 0 Å². The van der Waals surface area contributed by atoms with Crippen LogP contribution in [0.2, 0.25) is 0 Å². The Kier molecular flexibility index (Phi) is 18.0. The summed E-state index contributed by atoms with van der Waals surface area (Å²) in [4.78, 5) is 31.5. The van der Waals surface area contributed by atoms with E-state index < -0.39 is 0 Å².